The summed E-state index contributed by atoms with van der Waals surface area (Å²) in [6.45, 7) is 8.38. The Bertz CT molecular complexity index is 409. The molecule has 5 nitrogen and oxygen atoms in total. The Morgan fingerprint density at radius 1 is 1.56 bits per heavy atom. The summed E-state index contributed by atoms with van der Waals surface area (Å²) in [5.74, 6) is 1.05. The average Bonchev–Trinajstić information content (AvgIpc) is 2.38. The van der Waals surface area contributed by atoms with Gasteiger partial charge in [-0.3, -0.25) is 0 Å². The quantitative estimate of drug-likeness (QED) is 0.878. The lowest BCUT2D eigenvalue weighted by Crippen LogP contribution is -2.44. The van der Waals surface area contributed by atoms with Gasteiger partial charge in [0.15, 0.2) is 0 Å². The molecule has 1 atom stereocenters. The highest BCUT2D eigenvalue weighted by Gasteiger charge is 2.22. The van der Waals surface area contributed by atoms with E-state index in [0.717, 1.165) is 18.1 Å². The molecule has 1 aliphatic heterocycles. The monoisotopic (exact) mass is 251 g/mol. The van der Waals surface area contributed by atoms with Gasteiger partial charge >= 0.3 is 0 Å². The minimum atomic E-state index is -0.0539. The van der Waals surface area contributed by atoms with Gasteiger partial charge in [0, 0.05) is 18.5 Å². The van der Waals surface area contributed by atoms with Gasteiger partial charge in [-0.15, -0.1) is 0 Å². The molecule has 100 valence electrons. The minimum Gasteiger partial charge on any atom is -0.390 e. The van der Waals surface area contributed by atoms with Gasteiger partial charge in [0.05, 0.1) is 37.4 Å². The first-order valence-electron chi connectivity index (χ1n) is 6.44. The summed E-state index contributed by atoms with van der Waals surface area (Å²) in [6, 6.07) is 0.289. The second-order valence-corrected chi connectivity index (χ2v) is 4.99. The van der Waals surface area contributed by atoms with Crippen molar-refractivity contribution in [1.82, 2.24) is 9.97 Å². The second-order valence-electron chi connectivity index (χ2n) is 4.99. The van der Waals surface area contributed by atoms with Crippen molar-refractivity contribution in [1.29, 1.82) is 0 Å². The lowest BCUT2D eigenvalue weighted by Gasteiger charge is -2.35. The fourth-order valence-corrected chi connectivity index (χ4v) is 2.15. The number of hydrogen-bond donors (Lipinski definition) is 1. The Kier molecular flexibility index (Phi) is 4.14. The Balaban J connectivity index is 2.31. The molecule has 2 heterocycles. The minimum absolute atomic E-state index is 0.0539. The molecule has 0 radical (unpaired) electrons. The molecule has 2 rings (SSSR count). The first-order chi connectivity index (χ1) is 8.63. The lowest BCUT2D eigenvalue weighted by molar-refractivity contribution is 0.0986. The van der Waals surface area contributed by atoms with Crippen LogP contribution in [0, 0.1) is 0 Å². The molecule has 5 heteroatoms. The summed E-state index contributed by atoms with van der Waals surface area (Å²) in [5.41, 5.74) is 1.64. The molecule has 1 aromatic rings. The molecule has 1 saturated heterocycles. The predicted molar refractivity (Wildman–Crippen MR) is 69.7 cm³/mol. The third-order valence-corrected chi connectivity index (χ3v) is 3.21. The van der Waals surface area contributed by atoms with E-state index in [-0.39, 0.29) is 18.6 Å². The van der Waals surface area contributed by atoms with Crippen LogP contribution >= 0.6 is 0 Å². The van der Waals surface area contributed by atoms with Crippen LogP contribution in [0.2, 0.25) is 0 Å². The van der Waals surface area contributed by atoms with Gasteiger partial charge in [-0.25, -0.2) is 9.97 Å². The van der Waals surface area contributed by atoms with Gasteiger partial charge < -0.3 is 14.7 Å². The standard InChI is InChI=1S/C13H21N3O2/c1-9(2)13-14-6-12(11(7-17)15-13)16-4-5-18-8-10(16)3/h6,9-10,17H,4-5,7-8H2,1-3H3. The molecule has 0 saturated carbocycles. The first kappa shape index (κ1) is 13.2. The molecule has 0 aliphatic carbocycles. The summed E-state index contributed by atoms with van der Waals surface area (Å²) < 4.78 is 5.42. The van der Waals surface area contributed by atoms with Crippen LogP contribution in [-0.4, -0.2) is 40.9 Å². The highest BCUT2D eigenvalue weighted by Crippen LogP contribution is 2.23. The third-order valence-electron chi connectivity index (χ3n) is 3.21. The Hall–Kier alpha value is -1.20. The van der Waals surface area contributed by atoms with E-state index in [0.29, 0.717) is 18.9 Å². The maximum atomic E-state index is 9.49. The van der Waals surface area contributed by atoms with Crippen molar-refractivity contribution in [3.8, 4) is 0 Å². The molecule has 0 spiro atoms. The molecule has 1 aromatic heterocycles. The van der Waals surface area contributed by atoms with Crippen LogP contribution in [0.4, 0.5) is 5.69 Å². The topological polar surface area (TPSA) is 58.5 Å². The van der Waals surface area contributed by atoms with Crippen molar-refractivity contribution in [2.45, 2.75) is 39.3 Å². The number of ether oxygens (including phenoxy) is 1. The number of anilines is 1. The van der Waals surface area contributed by atoms with E-state index in [1.165, 1.54) is 0 Å². The van der Waals surface area contributed by atoms with Gasteiger partial charge in [0.25, 0.3) is 0 Å². The number of nitrogens with zero attached hydrogens (tertiary/aromatic N) is 3. The Morgan fingerprint density at radius 2 is 2.33 bits per heavy atom. The zero-order valence-electron chi connectivity index (χ0n) is 11.3. The lowest BCUT2D eigenvalue weighted by atomic mass is 10.1. The van der Waals surface area contributed by atoms with Crippen LogP contribution in [0.15, 0.2) is 6.20 Å². The van der Waals surface area contributed by atoms with Crippen LogP contribution in [0.25, 0.3) is 0 Å². The van der Waals surface area contributed by atoms with Crippen molar-refractivity contribution in [2.24, 2.45) is 0 Å². The molecule has 1 N–H and O–H groups in total. The van der Waals surface area contributed by atoms with E-state index < -0.39 is 0 Å². The summed E-state index contributed by atoms with van der Waals surface area (Å²) in [5, 5.41) is 9.49. The van der Waals surface area contributed by atoms with E-state index in [1.54, 1.807) is 0 Å². The number of aliphatic hydroxyl groups excluding tert-OH is 1. The summed E-state index contributed by atoms with van der Waals surface area (Å²) >= 11 is 0. The third kappa shape index (κ3) is 2.62. The van der Waals surface area contributed by atoms with E-state index in [4.69, 9.17) is 4.74 Å². The molecule has 1 aliphatic rings. The fourth-order valence-electron chi connectivity index (χ4n) is 2.15. The fraction of sp³-hybridized carbons (Fsp3) is 0.692. The summed E-state index contributed by atoms with van der Waals surface area (Å²) in [4.78, 5) is 11.1. The summed E-state index contributed by atoms with van der Waals surface area (Å²) in [6.07, 6.45) is 1.83. The molecule has 1 unspecified atom stereocenters. The molecule has 0 bridgehead atoms. The molecule has 0 aromatic carbocycles. The van der Waals surface area contributed by atoms with Gasteiger partial charge in [0.1, 0.15) is 5.82 Å². The van der Waals surface area contributed by atoms with Crippen molar-refractivity contribution >= 4 is 5.69 Å². The average molecular weight is 251 g/mol. The summed E-state index contributed by atoms with van der Waals surface area (Å²) in [7, 11) is 0. The van der Waals surface area contributed by atoms with Crippen molar-refractivity contribution in [3.63, 3.8) is 0 Å². The highest BCUT2D eigenvalue weighted by atomic mass is 16.5. The van der Waals surface area contributed by atoms with Crippen molar-refractivity contribution in [3.05, 3.63) is 17.7 Å². The van der Waals surface area contributed by atoms with Crippen LogP contribution in [0.3, 0.4) is 0 Å². The number of morpholine rings is 1. The number of aliphatic hydroxyl groups is 1. The smallest absolute Gasteiger partial charge is 0.131 e. The van der Waals surface area contributed by atoms with E-state index in [2.05, 4.69) is 21.8 Å². The second kappa shape index (κ2) is 5.63. The van der Waals surface area contributed by atoms with Gasteiger partial charge in [-0.05, 0) is 6.92 Å². The highest BCUT2D eigenvalue weighted by molar-refractivity contribution is 5.50. The van der Waals surface area contributed by atoms with Gasteiger partial charge in [-0.1, -0.05) is 13.8 Å². The Labute approximate surface area is 108 Å². The first-order valence-corrected chi connectivity index (χ1v) is 6.44. The van der Waals surface area contributed by atoms with E-state index in [1.807, 2.05) is 20.0 Å². The largest absolute Gasteiger partial charge is 0.390 e. The van der Waals surface area contributed by atoms with Crippen molar-refractivity contribution < 1.29 is 9.84 Å². The van der Waals surface area contributed by atoms with Gasteiger partial charge in [-0.2, -0.15) is 0 Å². The van der Waals surface area contributed by atoms with Crippen LogP contribution < -0.4 is 4.90 Å². The number of aromatic nitrogens is 2. The Morgan fingerprint density at radius 3 is 2.94 bits per heavy atom. The van der Waals surface area contributed by atoms with Crippen LogP contribution in [-0.2, 0) is 11.3 Å². The zero-order chi connectivity index (χ0) is 13.1. The normalized spacial score (nSPS) is 20.5. The molecular formula is C13H21N3O2. The molecule has 0 amide bonds. The molecule has 18 heavy (non-hydrogen) atoms. The predicted octanol–water partition coefficient (Wildman–Crippen LogP) is 1.32. The SMILES string of the molecule is CC(C)c1ncc(N2CCOCC2C)c(CO)n1. The molecular weight excluding hydrogens is 230 g/mol. The van der Waals surface area contributed by atoms with Crippen LogP contribution in [0.1, 0.15) is 38.2 Å². The number of hydrogen-bond acceptors (Lipinski definition) is 5. The van der Waals surface area contributed by atoms with E-state index in [9.17, 15) is 5.11 Å². The zero-order valence-corrected chi connectivity index (χ0v) is 11.3. The number of rotatable bonds is 3. The van der Waals surface area contributed by atoms with Crippen molar-refractivity contribution in [2.75, 3.05) is 24.7 Å². The molecule has 1 fully saturated rings. The van der Waals surface area contributed by atoms with E-state index >= 15 is 0 Å². The van der Waals surface area contributed by atoms with Gasteiger partial charge in [0.2, 0.25) is 0 Å². The maximum Gasteiger partial charge on any atom is 0.131 e. The maximum absolute atomic E-state index is 9.49. The van der Waals surface area contributed by atoms with Crippen LogP contribution in [0.5, 0.6) is 0 Å².